The second-order valence-electron chi connectivity index (χ2n) is 15.3. The molecule has 0 amide bonds. The van der Waals surface area contributed by atoms with E-state index in [1.54, 1.807) is 0 Å². The molecule has 0 spiro atoms. The predicted octanol–water partition coefficient (Wildman–Crippen LogP) is 4.70. The molecule has 0 heterocycles. The summed E-state index contributed by atoms with van der Waals surface area (Å²) in [4.78, 5) is 0. The Kier molecular flexibility index (Phi) is 11.8. The van der Waals surface area contributed by atoms with Gasteiger partial charge in [0.25, 0.3) is 0 Å². The Hall–Kier alpha value is -0.240. The number of fused-ring (bicyclic) bond motifs is 5. The molecule has 234 valence electrons. The molecule has 40 heavy (non-hydrogen) atoms. The Morgan fingerprint density at radius 1 is 0.875 bits per heavy atom. The molecule has 4 rings (SSSR count). The smallest absolute Gasteiger partial charge is 0.0587 e. The lowest BCUT2D eigenvalue weighted by molar-refractivity contribution is -0.167. The second kappa shape index (κ2) is 14.5. The first-order chi connectivity index (χ1) is 19.2. The van der Waals surface area contributed by atoms with Crippen molar-refractivity contribution in [1.82, 2.24) is 10.6 Å². The summed E-state index contributed by atoms with van der Waals surface area (Å²) in [5.41, 5.74) is 6.27. The molecule has 7 N–H and O–H groups in total. The molecule has 6 nitrogen and oxygen atoms in total. The van der Waals surface area contributed by atoms with Gasteiger partial charge in [0.1, 0.15) is 0 Å². The number of aliphatic hydroxyl groups excluding tert-OH is 3. The maximum atomic E-state index is 11.7. The van der Waals surface area contributed by atoms with E-state index in [0.29, 0.717) is 52.4 Å². The van der Waals surface area contributed by atoms with E-state index in [1.165, 1.54) is 57.8 Å². The van der Waals surface area contributed by atoms with Crippen molar-refractivity contribution in [3.05, 3.63) is 0 Å². The number of nitrogens with one attached hydrogen (secondary N) is 2. The van der Waals surface area contributed by atoms with Gasteiger partial charge in [-0.1, -0.05) is 27.7 Å². The van der Waals surface area contributed by atoms with Crippen LogP contribution in [0.25, 0.3) is 0 Å². The molecule has 12 atom stereocenters. The summed E-state index contributed by atoms with van der Waals surface area (Å²) in [7, 11) is 0. The van der Waals surface area contributed by atoms with Crippen LogP contribution in [0.4, 0.5) is 0 Å². The van der Waals surface area contributed by atoms with E-state index < -0.39 is 6.10 Å². The Balaban J connectivity index is 1.30. The summed E-state index contributed by atoms with van der Waals surface area (Å²) in [6.07, 6.45) is 14.7. The third-order valence-corrected chi connectivity index (χ3v) is 13.1. The summed E-state index contributed by atoms with van der Waals surface area (Å²) < 4.78 is 0. The third kappa shape index (κ3) is 6.94. The zero-order valence-corrected chi connectivity index (χ0v) is 26.4. The average molecular weight is 564 g/mol. The highest BCUT2D eigenvalue weighted by atomic mass is 16.3. The van der Waals surface area contributed by atoms with Crippen LogP contribution in [0.1, 0.15) is 111 Å². The van der Waals surface area contributed by atoms with E-state index in [4.69, 9.17) is 5.73 Å². The minimum atomic E-state index is -0.405. The lowest BCUT2D eigenvalue weighted by Crippen LogP contribution is -2.59. The third-order valence-electron chi connectivity index (χ3n) is 13.1. The van der Waals surface area contributed by atoms with E-state index in [-0.39, 0.29) is 18.6 Å². The molecule has 4 aliphatic rings. The summed E-state index contributed by atoms with van der Waals surface area (Å²) in [6.45, 7) is 13.6. The van der Waals surface area contributed by atoms with E-state index >= 15 is 0 Å². The van der Waals surface area contributed by atoms with Gasteiger partial charge in [0.15, 0.2) is 0 Å². The average Bonchev–Trinajstić information content (AvgIpc) is 3.30. The summed E-state index contributed by atoms with van der Waals surface area (Å²) in [5, 5.41) is 39.0. The van der Waals surface area contributed by atoms with E-state index in [0.717, 1.165) is 51.9 Å². The Morgan fingerprint density at radius 2 is 1.60 bits per heavy atom. The molecule has 0 bridgehead atoms. The van der Waals surface area contributed by atoms with E-state index in [2.05, 4.69) is 31.4 Å². The van der Waals surface area contributed by atoms with Crippen LogP contribution in [0.3, 0.4) is 0 Å². The van der Waals surface area contributed by atoms with Crippen LogP contribution in [-0.2, 0) is 0 Å². The quantitative estimate of drug-likeness (QED) is 0.161. The van der Waals surface area contributed by atoms with E-state index in [9.17, 15) is 15.3 Å². The molecule has 4 fully saturated rings. The van der Waals surface area contributed by atoms with Gasteiger partial charge in [-0.05, 0) is 156 Å². The largest absolute Gasteiger partial charge is 0.396 e. The number of hydrogen-bond acceptors (Lipinski definition) is 6. The number of hydrogen-bond donors (Lipinski definition) is 6. The number of nitrogens with two attached hydrogens (primary N) is 1. The highest BCUT2D eigenvalue weighted by Gasteiger charge is 2.62. The first-order valence-electron chi connectivity index (χ1n) is 17.3. The first-order valence-corrected chi connectivity index (χ1v) is 17.3. The first kappa shape index (κ1) is 32.7. The molecule has 0 aromatic rings. The molecule has 0 aromatic heterocycles. The zero-order chi connectivity index (χ0) is 28.9. The molecule has 0 saturated heterocycles. The Bertz CT molecular complexity index is 769. The van der Waals surface area contributed by atoms with Crippen molar-refractivity contribution in [1.29, 1.82) is 0 Å². The number of unbranched alkanes of at least 4 members (excludes halogenated alkanes) is 1. The normalized spacial score (nSPS) is 41.5. The molecule has 6 heteroatoms. The van der Waals surface area contributed by atoms with Crippen molar-refractivity contribution < 1.29 is 15.3 Å². The van der Waals surface area contributed by atoms with Crippen LogP contribution in [0, 0.1) is 52.3 Å². The van der Waals surface area contributed by atoms with Crippen LogP contribution in [-0.4, -0.2) is 66.4 Å². The maximum Gasteiger partial charge on any atom is 0.0587 e. The van der Waals surface area contributed by atoms with Gasteiger partial charge in [-0.2, -0.15) is 0 Å². The highest BCUT2D eigenvalue weighted by molar-refractivity contribution is 5.12. The van der Waals surface area contributed by atoms with Gasteiger partial charge < -0.3 is 31.7 Å². The highest BCUT2D eigenvalue weighted by Crippen LogP contribution is 2.68. The van der Waals surface area contributed by atoms with Crippen molar-refractivity contribution >= 4 is 0 Å². The molecule has 4 saturated carbocycles. The SMILES string of the molecule is CC(CO)C(O)CCC(C)[C@H]1CCC2C3C(O)C[C@H]4C[C@@H](NCCCNCCCCN)CC[C@]4(C)C3CC[C@@]21C. The van der Waals surface area contributed by atoms with Crippen LogP contribution in [0.5, 0.6) is 0 Å². The van der Waals surface area contributed by atoms with Crippen LogP contribution < -0.4 is 16.4 Å². The molecule has 7 unspecified atom stereocenters. The van der Waals surface area contributed by atoms with Gasteiger partial charge in [0.2, 0.25) is 0 Å². The van der Waals surface area contributed by atoms with Crippen LogP contribution >= 0.6 is 0 Å². The van der Waals surface area contributed by atoms with Crippen LogP contribution in [0.2, 0.25) is 0 Å². The zero-order valence-electron chi connectivity index (χ0n) is 26.4. The fraction of sp³-hybridized carbons (Fsp3) is 1.00. The van der Waals surface area contributed by atoms with Gasteiger partial charge in [-0.25, -0.2) is 0 Å². The van der Waals surface area contributed by atoms with Gasteiger partial charge in [-0.3, -0.25) is 0 Å². The summed E-state index contributed by atoms with van der Waals surface area (Å²) >= 11 is 0. The van der Waals surface area contributed by atoms with Crippen molar-refractivity contribution in [3.63, 3.8) is 0 Å². The predicted molar refractivity (Wildman–Crippen MR) is 165 cm³/mol. The van der Waals surface area contributed by atoms with Gasteiger partial charge >= 0.3 is 0 Å². The standard InChI is InChI=1S/C34H65N3O3/c1-23(8-11-30(39)24(2)22-38)27-9-10-28-32-29(13-15-34(27,28)4)33(3)14-12-26(20-25(33)21-31(32)40)37-19-7-18-36-17-6-5-16-35/h23-32,36-40H,5-22,35H2,1-4H3/t23?,24?,25-,26+,27-,28?,29?,30?,31?,32?,33+,34-/m1/s1. The maximum absolute atomic E-state index is 11.7. The number of aliphatic hydroxyl groups is 3. The monoisotopic (exact) mass is 564 g/mol. The summed E-state index contributed by atoms with van der Waals surface area (Å²) in [5.74, 6) is 3.63. The van der Waals surface area contributed by atoms with Crippen molar-refractivity contribution in [2.24, 2.45) is 58.0 Å². The minimum Gasteiger partial charge on any atom is -0.396 e. The Labute approximate surface area is 246 Å². The molecule has 0 aliphatic heterocycles. The fourth-order valence-electron chi connectivity index (χ4n) is 10.5. The number of rotatable bonds is 15. The molecule has 4 aliphatic carbocycles. The fourth-order valence-corrected chi connectivity index (χ4v) is 10.5. The second-order valence-corrected chi connectivity index (χ2v) is 15.3. The minimum absolute atomic E-state index is 0.0421. The molecule has 0 radical (unpaired) electrons. The lowest BCUT2D eigenvalue weighted by Gasteiger charge is -2.62. The van der Waals surface area contributed by atoms with Crippen molar-refractivity contribution in [3.8, 4) is 0 Å². The lowest BCUT2D eigenvalue weighted by atomic mass is 9.43. The van der Waals surface area contributed by atoms with Crippen LogP contribution in [0.15, 0.2) is 0 Å². The Morgan fingerprint density at radius 3 is 2.35 bits per heavy atom. The van der Waals surface area contributed by atoms with E-state index in [1.807, 2.05) is 6.92 Å². The topological polar surface area (TPSA) is 111 Å². The van der Waals surface area contributed by atoms with Gasteiger partial charge in [0.05, 0.1) is 12.2 Å². The van der Waals surface area contributed by atoms with Gasteiger partial charge in [0, 0.05) is 18.6 Å². The summed E-state index contributed by atoms with van der Waals surface area (Å²) in [6, 6.07) is 0.605. The van der Waals surface area contributed by atoms with Crippen molar-refractivity contribution in [2.45, 2.75) is 129 Å². The molecule has 0 aromatic carbocycles. The molecular formula is C34H65N3O3. The van der Waals surface area contributed by atoms with Crippen molar-refractivity contribution in [2.75, 3.05) is 32.8 Å². The molecular weight excluding hydrogens is 498 g/mol. The van der Waals surface area contributed by atoms with Gasteiger partial charge in [-0.15, -0.1) is 0 Å².